The standard InChI is InChI=1S/C12H17NO4S/c1-4-8-7-9(11(14)16-5-2)10(18-8)13-12(15)17-6-3/h7H,4-6H2,1-3H3,(H,13,15). The Balaban J connectivity index is 2.90. The van der Waals surface area contributed by atoms with Crippen molar-refractivity contribution in [1.82, 2.24) is 0 Å². The number of anilines is 1. The molecule has 1 aromatic heterocycles. The number of amides is 1. The fourth-order valence-electron chi connectivity index (χ4n) is 1.33. The number of carbonyl (C=O) groups is 2. The molecule has 0 saturated carbocycles. The van der Waals surface area contributed by atoms with Gasteiger partial charge < -0.3 is 9.47 Å². The molecule has 0 atom stereocenters. The Labute approximate surface area is 110 Å². The lowest BCUT2D eigenvalue weighted by Gasteiger charge is -2.05. The average molecular weight is 271 g/mol. The zero-order valence-electron chi connectivity index (χ0n) is 10.7. The van der Waals surface area contributed by atoms with Crippen LogP contribution in [0.4, 0.5) is 9.80 Å². The molecule has 0 fully saturated rings. The van der Waals surface area contributed by atoms with Gasteiger partial charge in [-0.05, 0) is 26.3 Å². The predicted molar refractivity (Wildman–Crippen MR) is 70.3 cm³/mol. The topological polar surface area (TPSA) is 64.6 Å². The number of hydrogen-bond donors (Lipinski definition) is 1. The highest BCUT2D eigenvalue weighted by molar-refractivity contribution is 7.16. The Morgan fingerprint density at radius 2 is 1.89 bits per heavy atom. The summed E-state index contributed by atoms with van der Waals surface area (Å²) in [7, 11) is 0. The fourth-order valence-corrected chi connectivity index (χ4v) is 2.30. The molecule has 0 saturated heterocycles. The van der Waals surface area contributed by atoms with Gasteiger partial charge in [-0.15, -0.1) is 11.3 Å². The number of esters is 1. The van der Waals surface area contributed by atoms with Gasteiger partial charge >= 0.3 is 12.1 Å². The summed E-state index contributed by atoms with van der Waals surface area (Å²) >= 11 is 1.36. The first-order valence-corrected chi connectivity index (χ1v) is 6.67. The van der Waals surface area contributed by atoms with Gasteiger partial charge in [0.15, 0.2) is 0 Å². The van der Waals surface area contributed by atoms with Crippen LogP contribution in [0, 0.1) is 0 Å². The van der Waals surface area contributed by atoms with Crippen LogP contribution in [0.2, 0.25) is 0 Å². The lowest BCUT2D eigenvalue weighted by molar-refractivity contribution is 0.0528. The molecule has 0 unspecified atom stereocenters. The van der Waals surface area contributed by atoms with Crippen molar-refractivity contribution in [2.75, 3.05) is 18.5 Å². The van der Waals surface area contributed by atoms with Crippen molar-refractivity contribution in [3.05, 3.63) is 16.5 Å². The fraction of sp³-hybridized carbons (Fsp3) is 0.500. The molecular weight excluding hydrogens is 254 g/mol. The normalized spacial score (nSPS) is 9.94. The first-order chi connectivity index (χ1) is 8.62. The van der Waals surface area contributed by atoms with Crippen molar-refractivity contribution in [2.24, 2.45) is 0 Å². The molecule has 1 amide bonds. The first-order valence-electron chi connectivity index (χ1n) is 5.85. The molecule has 0 bridgehead atoms. The molecule has 5 nitrogen and oxygen atoms in total. The largest absolute Gasteiger partial charge is 0.462 e. The third-order valence-corrected chi connectivity index (χ3v) is 3.31. The second-order valence-electron chi connectivity index (χ2n) is 3.38. The van der Waals surface area contributed by atoms with Gasteiger partial charge in [0.2, 0.25) is 0 Å². The summed E-state index contributed by atoms with van der Waals surface area (Å²) in [4.78, 5) is 24.1. The summed E-state index contributed by atoms with van der Waals surface area (Å²) in [5, 5.41) is 3.04. The summed E-state index contributed by atoms with van der Waals surface area (Å²) in [6.45, 7) is 6.03. The monoisotopic (exact) mass is 271 g/mol. The van der Waals surface area contributed by atoms with Crippen molar-refractivity contribution in [3.63, 3.8) is 0 Å². The van der Waals surface area contributed by atoms with Crippen LogP contribution in [0.15, 0.2) is 6.07 Å². The molecule has 1 heterocycles. The minimum atomic E-state index is -0.562. The van der Waals surface area contributed by atoms with Crippen LogP contribution >= 0.6 is 11.3 Å². The molecule has 0 spiro atoms. The third-order valence-electron chi connectivity index (χ3n) is 2.12. The Morgan fingerprint density at radius 1 is 1.22 bits per heavy atom. The SMILES string of the molecule is CCOC(=O)Nc1sc(CC)cc1C(=O)OCC. The molecule has 1 rings (SSSR count). The van der Waals surface area contributed by atoms with E-state index >= 15 is 0 Å². The van der Waals surface area contributed by atoms with Crippen molar-refractivity contribution in [2.45, 2.75) is 27.2 Å². The van der Waals surface area contributed by atoms with E-state index in [2.05, 4.69) is 5.32 Å². The Kier molecular flexibility index (Phi) is 5.64. The lowest BCUT2D eigenvalue weighted by atomic mass is 10.2. The molecule has 0 aliphatic heterocycles. The van der Waals surface area contributed by atoms with Gasteiger partial charge in [-0.25, -0.2) is 9.59 Å². The van der Waals surface area contributed by atoms with Gasteiger partial charge in [0, 0.05) is 4.88 Å². The van der Waals surface area contributed by atoms with Crippen LogP contribution in [0.3, 0.4) is 0 Å². The minimum Gasteiger partial charge on any atom is -0.462 e. The van der Waals surface area contributed by atoms with Gasteiger partial charge in [0.05, 0.1) is 18.8 Å². The number of nitrogens with one attached hydrogen (secondary N) is 1. The van der Waals surface area contributed by atoms with E-state index < -0.39 is 12.1 Å². The van der Waals surface area contributed by atoms with E-state index in [1.807, 2.05) is 6.92 Å². The molecular formula is C12H17NO4S. The molecule has 100 valence electrons. The van der Waals surface area contributed by atoms with Crippen LogP contribution in [0.1, 0.15) is 36.0 Å². The summed E-state index contributed by atoms with van der Waals surface area (Å²) in [6, 6.07) is 1.74. The molecule has 0 radical (unpaired) electrons. The highest BCUT2D eigenvalue weighted by Crippen LogP contribution is 2.29. The maximum atomic E-state index is 11.7. The molecule has 18 heavy (non-hydrogen) atoms. The summed E-state index contributed by atoms with van der Waals surface area (Å²) in [5.74, 6) is -0.430. The van der Waals surface area contributed by atoms with Crippen LogP contribution in [-0.4, -0.2) is 25.3 Å². The van der Waals surface area contributed by atoms with Crippen molar-refractivity contribution in [3.8, 4) is 0 Å². The van der Waals surface area contributed by atoms with Crippen LogP contribution in [0.5, 0.6) is 0 Å². The third kappa shape index (κ3) is 3.73. The zero-order chi connectivity index (χ0) is 13.5. The molecule has 1 aromatic rings. The summed E-state index contributed by atoms with van der Waals surface area (Å²) in [6.07, 6.45) is 0.231. The number of hydrogen-bond acceptors (Lipinski definition) is 5. The molecule has 0 aromatic carbocycles. The highest BCUT2D eigenvalue weighted by Gasteiger charge is 2.18. The zero-order valence-corrected chi connectivity index (χ0v) is 11.6. The predicted octanol–water partition coefficient (Wildman–Crippen LogP) is 3.06. The van der Waals surface area contributed by atoms with Crippen LogP contribution in [0.25, 0.3) is 0 Å². The van der Waals surface area contributed by atoms with Gasteiger partial charge in [0.25, 0.3) is 0 Å². The maximum absolute atomic E-state index is 11.7. The molecule has 0 aliphatic carbocycles. The van der Waals surface area contributed by atoms with E-state index in [0.717, 1.165) is 11.3 Å². The molecule has 0 aliphatic rings. The maximum Gasteiger partial charge on any atom is 0.412 e. The molecule has 6 heteroatoms. The Hall–Kier alpha value is -1.56. The second kappa shape index (κ2) is 7.00. The van der Waals surface area contributed by atoms with Crippen LogP contribution < -0.4 is 5.32 Å². The molecule has 1 N–H and O–H groups in total. The number of ether oxygens (including phenoxy) is 2. The summed E-state index contributed by atoms with van der Waals surface area (Å²) in [5.41, 5.74) is 0.381. The van der Waals surface area contributed by atoms with E-state index in [1.54, 1.807) is 19.9 Å². The minimum absolute atomic E-state index is 0.284. The summed E-state index contributed by atoms with van der Waals surface area (Å²) < 4.78 is 9.73. The van der Waals surface area contributed by atoms with Gasteiger partial charge in [-0.3, -0.25) is 5.32 Å². The van der Waals surface area contributed by atoms with Crippen LogP contribution in [-0.2, 0) is 15.9 Å². The Bertz CT molecular complexity index is 428. The van der Waals surface area contributed by atoms with Gasteiger partial charge in [0.1, 0.15) is 5.00 Å². The van der Waals surface area contributed by atoms with Gasteiger partial charge in [-0.1, -0.05) is 6.92 Å². The Morgan fingerprint density at radius 3 is 2.44 bits per heavy atom. The van der Waals surface area contributed by atoms with E-state index in [9.17, 15) is 9.59 Å². The first kappa shape index (κ1) is 14.5. The number of carbonyl (C=O) groups excluding carboxylic acids is 2. The average Bonchev–Trinajstić information content (AvgIpc) is 2.73. The highest BCUT2D eigenvalue weighted by atomic mass is 32.1. The lowest BCUT2D eigenvalue weighted by Crippen LogP contribution is -2.15. The van der Waals surface area contributed by atoms with E-state index in [0.29, 0.717) is 17.2 Å². The van der Waals surface area contributed by atoms with E-state index in [4.69, 9.17) is 9.47 Å². The quantitative estimate of drug-likeness (QED) is 0.836. The smallest absolute Gasteiger partial charge is 0.412 e. The number of aryl methyl sites for hydroxylation is 1. The number of thiophene rings is 1. The van der Waals surface area contributed by atoms with Gasteiger partial charge in [-0.2, -0.15) is 0 Å². The number of rotatable bonds is 5. The second-order valence-corrected chi connectivity index (χ2v) is 4.51. The van der Waals surface area contributed by atoms with Crippen molar-refractivity contribution < 1.29 is 19.1 Å². The van der Waals surface area contributed by atoms with Crippen molar-refractivity contribution in [1.29, 1.82) is 0 Å². The van der Waals surface area contributed by atoms with E-state index in [1.165, 1.54) is 11.3 Å². The van der Waals surface area contributed by atoms with E-state index in [-0.39, 0.29) is 6.61 Å². The van der Waals surface area contributed by atoms with Crippen molar-refractivity contribution >= 4 is 28.4 Å².